The monoisotopic (exact) mass is 188 g/mol. The molecule has 0 spiro atoms. The van der Waals surface area contributed by atoms with Gasteiger partial charge < -0.3 is 5.11 Å². The Morgan fingerprint density at radius 2 is 1.93 bits per heavy atom. The van der Waals surface area contributed by atoms with Crippen LogP contribution in [0.1, 0.15) is 19.4 Å². The Morgan fingerprint density at radius 3 is 2.43 bits per heavy atom. The normalized spacial score (nSPS) is 13.3. The Morgan fingerprint density at radius 1 is 1.36 bits per heavy atom. The molecule has 1 rings (SSSR count). The van der Waals surface area contributed by atoms with Crippen molar-refractivity contribution in [2.75, 3.05) is 0 Å². The summed E-state index contributed by atoms with van der Waals surface area (Å²) in [6, 6.07) is 9.88. The smallest absolute Gasteiger partial charge is 0.0740 e. The van der Waals surface area contributed by atoms with Crippen LogP contribution >= 0.6 is 0 Å². The third-order valence-electron chi connectivity index (χ3n) is 2.48. The minimum absolute atomic E-state index is 0.462. The lowest BCUT2D eigenvalue weighted by molar-refractivity contribution is 0.0883. The fraction of sp³-hybridized carbons (Fsp3) is 0.385. The molecule has 1 aromatic rings. The molecule has 0 aliphatic carbocycles. The van der Waals surface area contributed by atoms with E-state index in [1.807, 2.05) is 44.2 Å². The highest BCUT2D eigenvalue weighted by Gasteiger charge is 2.25. The van der Waals surface area contributed by atoms with Gasteiger partial charge in [-0.2, -0.15) is 0 Å². The number of aliphatic hydroxyl groups is 1. The maximum atomic E-state index is 9.89. The predicted molar refractivity (Wildman–Crippen MR) is 58.8 cm³/mol. The second-order valence-electron chi connectivity index (χ2n) is 4.07. The lowest BCUT2D eigenvalue weighted by Crippen LogP contribution is -2.29. The zero-order valence-electron chi connectivity index (χ0n) is 8.70. The van der Waals surface area contributed by atoms with Crippen molar-refractivity contribution >= 4 is 0 Å². The van der Waals surface area contributed by atoms with Gasteiger partial charge in [0.2, 0.25) is 0 Å². The molecule has 0 heterocycles. The fourth-order valence-corrected chi connectivity index (χ4v) is 1.19. The first kappa shape index (κ1) is 10.8. The molecule has 1 unspecified atom stereocenters. The number of hydrogen-bond acceptors (Lipinski definition) is 1. The molecule has 0 saturated carbocycles. The summed E-state index contributed by atoms with van der Waals surface area (Å²) in [5.41, 5.74) is 0.652. The molecule has 1 aromatic carbocycles. The maximum Gasteiger partial charge on any atom is 0.0740 e. The molecule has 0 saturated heterocycles. The van der Waals surface area contributed by atoms with Crippen molar-refractivity contribution in [1.82, 2.24) is 0 Å². The molecule has 74 valence electrons. The average molecular weight is 188 g/mol. The quantitative estimate of drug-likeness (QED) is 0.721. The summed E-state index contributed by atoms with van der Waals surface area (Å²) in [7, 11) is 0. The van der Waals surface area contributed by atoms with Crippen molar-refractivity contribution in [2.24, 2.45) is 5.41 Å². The van der Waals surface area contributed by atoms with Gasteiger partial charge in [0, 0.05) is 0 Å². The summed E-state index contributed by atoms with van der Waals surface area (Å²) < 4.78 is 0. The standard InChI is InChI=1S/C13H16O/c1-4-13(2,3)12(14)10-11-8-6-5-7-9-11/h1,5-9,12,14H,10H2,2-3H3. The highest BCUT2D eigenvalue weighted by Crippen LogP contribution is 2.22. The first-order valence-corrected chi connectivity index (χ1v) is 4.76. The minimum atomic E-state index is -0.491. The van der Waals surface area contributed by atoms with E-state index in [4.69, 9.17) is 6.42 Å². The van der Waals surface area contributed by atoms with Crippen molar-refractivity contribution in [3.05, 3.63) is 35.9 Å². The summed E-state index contributed by atoms with van der Waals surface area (Å²) in [6.07, 6.45) is 5.47. The van der Waals surface area contributed by atoms with Gasteiger partial charge in [0.05, 0.1) is 11.5 Å². The van der Waals surface area contributed by atoms with Crippen LogP contribution in [0.5, 0.6) is 0 Å². The zero-order valence-corrected chi connectivity index (χ0v) is 8.70. The lowest BCUT2D eigenvalue weighted by atomic mass is 9.84. The van der Waals surface area contributed by atoms with E-state index < -0.39 is 11.5 Å². The van der Waals surface area contributed by atoms with Crippen LogP contribution < -0.4 is 0 Å². The third kappa shape index (κ3) is 2.61. The van der Waals surface area contributed by atoms with Gasteiger partial charge in [0.1, 0.15) is 0 Å². The van der Waals surface area contributed by atoms with Gasteiger partial charge in [-0.3, -0.25) is 0 Å². The molecular formula is C13H16O. The summed E-state index contributed by atoms with van der Waals surface area (Å²) in [6.45, 7) is 3.75. The molecule has 0 aromatic heterocycles. The van der Waals surface area contributed by atoms with Gasteiger partial charge in [-0.05, 0) is 25.8 Å². The summed E-state index contributed by atoms with van der Waals surface area (Å²) in [5.74, 6) is 2.61. The fourth-order valence-electron chi connectivity index (χ4n) is 1.19. The Hall–Kier alpha value is -1.26. The Labute approximate surface area is 85.8 Å². The lowest BCUT2D eigenvalue weighted by Gasteiger charge is -2.24. The van der Waals surface area contributed by atoms with Crippen LogP contribution in [0, 0.1) is 17.8 Å². The molecule has 0 amide bonds. The van der Waals surface area contributed by atoms with Gasteiger partial charge in [-0.25, -0.2) is 0 Å². The van der Waals surface area contributed by atoms with E-state index in [1.54, 1.807) is 0 Å². The maximum absolute atomic E-state index is 9.89. The third-order valence-corrected chi connectivity index (χ3v) is 2.48. The number of hydrogen-bond donors (Lipinski definition) is 1. The van der Waals surface area contributed by atoms with E-state index in [9.17, 15) is 5.11 Å². The highest BCUT2D eigenvalue weighted by atomic mass is 16.3. The number of aliphatic hydroxyl groups excluding tert-OH is 1. The first-order valence-electron chi connectivity index (χ1n) is 4.76. The molecule has 0 radical (unpaired) electrons. The number of benzene rings is 1. The minimum Gasteiger partial charge on any atom is -0.391 e. The van der Waals surface area contributed by atoms with Crippen LogP contribution in [0.15, 0.2) is 30.3 Å². The van der Waals surface area contributed by atoms with Gasteiger partial charge >= 0.3 is 0 Å². The molecule has 1 atom stereocenters. The van der Waals surface area contributed by atoms with E-state index in [1.165, 1.54) is 0 Å². The average Bonchev–Trinajstić information content (AvgIpc) is 2.19. The topological polar surface area (TPSA) is 20.2 Å². The molecule has 1 heteroatoms. The second-order valence-corrected chi connectivity index (χ2v) is 4.07. The van der Waals surface area contributed by atoms with E-state index in [-0.39, 0.29) is 0 Å². The summed E-state index contributed by atoms with van der Waals surface area (Å²) in [5, 5.41) is 9.89. The highest BCUT2D eigenvalue weighted by molar-refractivity contribution is 5.17. The van der Waals surface area contributed by atoms with Gasteiger partial charge in [-0.15, -0.1) is 6.42 Å². The Bertz CT molecular complexity index is 319. The Kier molecular flexibility index (Phi) is 3.33. The van der Waals surface area contributed by atoms with E-state index in [0.29, 0.717) is 6.42 Å². The molecule has 14 heavy (non-hydrogen) atoms. The predicted octanol–water partition coefficient (Wildman–Crippen LogP) is 2.25. The molecule has 0 aliphatic heterocycles. The molecule has 1 nitrogen and oxygen atoms in total. The van der Waals surface area contributed by atoms with Crippen molar-refractivity contribution < 1.29 is 5.11 Å². The van der Waals surface area contributed by atoms with E-state index >= 15 is 0 Å². The number of terminal acetylenes is 1. The van der Waals surface area contributed by atoms with Crippen LogP contribution in [0.25, 0.3) is 0 Å². The molecule has 0 aliphatic rings. The van der Waals surface area contributed by atoms with Crippen LogP contribution in [-0.4, -0.2) is 11.2 Å². The molecule has 0 fully saturated rings. The second kappa shape index (κ2) is 4.30. The van der Waals surface area contributed by atoms with Gasteiger partial charge in [-0.1, -0.05) is 36.3 Å². The van der Waals surface area contributed by atoms with Crippen molar-refractivity contribution in [1.29, 1.82) is 0 Å². The Balaban J connectivity index is 2.68. The van der Waals surface area contributed by atoms with Crippen molar-refractivity contribution in [3.8, 4) is 12.3 Å². The van der Waals surface area contributed by atoms with Crippen LogP contribution in [0.3, 0.4) is 0 Å². The van der Waals surface area contributed by atoms with Crippen molar-refractivity contribution in [3.63, 3.8) is 0 Å². The van der Waals surface area contributed by atoms with Crippen LogP contribution in [0.4, 0.5) is 0 Å². The molecular weight excluding hydrogens is 172 g/mol. The molecule has 0 bridgehead atoms. The number of rotatable bonds is 3. The van der Waals surface area contributed by atoms with E-state index in [0.717, 1.165) is 5.56 Å². The van der Waals surface area contributed by atoms with Gasteiger partial charge in [0.25, 0.3) is 0 Å². The van der Waals surface area contributed by atoms with Crippen LogP contribution in [0.2, 0.25) is 0 Å². The van der Waals surface area contributed by atoms with Gasteiger partial charge in [0.15, 0.2) is 0 Å². The van der Waals surface area contributed by atoms with E-state index in [2.05, 4.69) is 5.92 Å². The molecule has 1 N–H and O–H groups in total. The van der Waals surface area contributed by atoms with Crippen LogP contribution in [-0.2, 0) is 6.42 Å². The zero-order chi connectivity index (χ0) is 10.6. The summed E-state index contributed by atoms with van der Waals surface area (Å²) in [4.78, 5) is 0. The SMILES string of the molecule is C#CC(C)(C)C(O)Cc1ccccc1. The van der Waals surface area contributed by atoms with Crippen molar-refractivity contribution in [2.45, 2.75) is 26.4 Å². The summed E-state index contributed by atoms with van der Waals surface area (Å²) >= 11 is 0. The largest absolute Gasteiger partial charge is 0.391 e. The first-order chi connectivity index (χ1) is 6.56.